The largest absolute Gasteiger partial charge is 0.463 e. The van der Waals surface area contributed by atoms with E-state index in [-0.39, 0.29) is 5.97 Å². The van der Waals surface area contributed by atoms with Crippen LogP contribution in [0.1, 0.15) is 24.5 Å². The quantitative estimate of drug-likeness (QED) is 0.576. The molecule has 0 amide bonds. The summed E-state index contributed by atoms with van der Waals surface area (Å²) in [5.74, 6) is -0.266. The van der Waals surface area contributed by atoms with Crippen LogP contribution in [0.15, 0.2) is 24.3 Å². The minimum atomic E-state index is -0.817. The zero-order valence-electron chi connectivity index (χ0n) is 9.66. The number of hydrogen-bond acceptors (Lipinski definition) is 3. The van der Waals surface area contributed by atoms with E-state index in [2.05, 4.69) is 0 Å². The van der Waals surface area contributed by atoms with Crippen LogP contribution in [0.5, 0.6) is 0 Å². The average molecular weight is 220 g/mol. The fraction of sp³-hybridized carbons (Fsp3) is 0.462. The Morgan fingerprint density at radius 3 is 2.56 bits per heavy atom. The second kappa shape index (κ2) is 4.26. The summed E-state index contributed by atoms with van der Waals surface area (Å²) >= 11 is 0. The van der Waals surface area contributed by atoms with Crippen molar-refractivity contribution in [2.75, 3.05) is 13.2 Å². The highest BCUT2D eigenvalue weighted by Gasteiger charge is 2.55. The minimum absolute atomic E-state index is 0.266. The first-order chi connectivity index (χ1) is 7.69. The van der Waals surface area contributed by atoms with Crippen LogP contribution in [-0.4, -0.2) is 19.2 Å². The van der Waals surface area contributed by atoms with Crippen molar-refractivity contribution in [2.45, 2.75) is 25.9 Å². The van der Waals surface area contributed by atoms with Crippen molar-refractivity contribution < 1.29 is 14.3 Å². The van der Waals surface area contributed by atoms with Gasteiger partial charge in [-0.05, 0) is 18.9 Å². The highest BCUT2D eigenvalue weighted by Crippen LogP contribution is 2.40. The van der Waals surface area contributed by atoms with Gasteiger partial charge in [-0.3, -0.25) is 0 Å². The topological polar surface area (TPSA) is 38.8 Å². The molecule has 3 heteroatoms. The number of esters is 1. The molecule has 1 unspecified atom stereocenters. The van der Waals surface area contributed by atoms with Crippen molar-refractivity contribution in [1.29, 1.82) is 0 Å². The van der Waals surface area contributed by atoms with Gasteiger partial charge in [0.05, 0.1) is 13.2 Å². The molecule has 0 saturated carbocycles. The summed E-state index contributed by atoms with van der Waals surface area (Å²) in [7, 11) is 0. The molecule has 0 spiro atoms. The normalized spacial score (nSPS) is 22.9. The third kappa shape index (κ3) is 1.95. The molecule has 0 N–H and O–H groups in total. The summed E-state index contributed by atoms with van der Waals surface area (Å²) < 4.78 is 10.4. The first-order valence-corrected chi connectivity index (χ1v) is 5.57. The lowest BCUT2D eigenvalue weighted by Gasteiger charge is -2.11. The number of aryl methyl sites for hydroxylation is 1. The van der Waals surface area contributed by atoms with Gasteiger partial charge in [0.15, 0.2) is 0 Å². The number of epoxide rings is 1. The molecule has 0 radical (unpaired) electrons. The molecular weight excluding hydrogens is 204 g/mol. The van der Waals surface area contributed by atoms with E-state index in [1.54, 1.807) is 0 Å². The van der Waals surface area contributed by atoms with Gasteiger partial charge in [-0.15, -0.1) is 0 Å². The summed E-state index contributed by atoms with van der Waals surface area (Å²) in [5.41, 5.74) is 1.24. The molecule has 16 heavy (non-hydrogen) atoms. The number of ether oxygens (including phenoxy) is 2. The van der Waals surface area contributed by atoms with Crippen LogP contribution in [0.25, 0.3) is 0 Å². The predicted octanol–water partition coefficient (Wildman–Crippen LogP) is 2.17. The zero-order chi connectivity index (χ0) is 11.6. The summed E-state index contributed by atoms with van der Waals surface area (Å²) in [6.07, 6.45) is 0.829. The molecule has 1 aliphatic rings. The summed E-state index contributed by atoms with van der Waals surface area (Å²) in [6, 6.07) is 7.81. The van der Waals surface area contributed by atoms with E-state index in [0.717, 1.165) is 12.0 Å². The van der Waals surface area contributed by atoms with E-state index in [1.165, 1.54) is 5.56 Å². The molecule has 1 aromatic carbocycles. The van der Waals surface area contributed by atoms with Gasteiger partial charge in [-0.25, -0.2) is 4.79 Å². The van der Waals surface area contributed by atoms with Gasteiger partial charge >= 0.3 is 5.97 Å². The number of hydrogen-bond donors (Lipinski definition) is 0. The molecule has 2 rings (SSSR count). The van der Waals surface area contributed by atoms with E-state index in [9.17, 15) is 4.79 Å². The predicted molar refractivity (Wildman–Crippen MR) is 60.1 cm³/mol. The molecule has 0 aromatic heterocycles. The Balaban J connectivity index is 2.13. The fourth-order valence-corrected chi connectivity index (χ4v) is 1.61. The Morgan fingerprint density at radius 1 is 1.44 bits per heavy atom. The molecule has 1 aromatic rings. The highest BCUT2D eigenvalue weighted by atomic mass is 16.6. The molecule has 86 valence electrons. The number of benzene rings is 1. The lowest BCUT2D eigenvalue weighted by molar-refractivity contribution is -0.150. The van der Waals surface area contributed by atoms with Gasteiger partial charge in [-0.2, -0.15) is 0 Å². The zero-order valence-corrected chi connectivity index (χ0v) is 9.66. The smallest absolute Gasteiger partial charge is 0.345 e. The van der Waals surface area contributed by atoms with Crippen molar-refractivity contribution in [3.05, 3.63) is 35.4 Å². The van der Waals surface area contributed by atoms with E-state index in [1.807, 2.05) is 38.1 Å². The Kier molecular flexibility index (Phi) is 2.97. The van der Waals surface area contributed by atoms with Gasteiger partial charge in [0.25, 0.3) is 0 Å². The first-order valence-electron chi connectivity index (χ1n) is 5.57. The summed E-state index contributed by atoms with van der Waals surface area (Å²) in [5, 5.41) is 0. The van der Waals surface area contributed by atoms with Crippen molar-refractivity contribution in [1.82, 2.24) is 0 Å². The Labute approximate surface area is 95.4 Å². The van der Waals surface area contributed by atoms with Crippen molar-refractivity contribution in [2.24, 2.45) is 0 Å². The van der Waals surface area contributed by atoms with Gasteiger partial charge in [0.2, 0.25) is 5.60 Å². The third-order valence-corrected chi connectivity index (χ3v) is 2.72. The molecule has 1 atom stereocenters. The van der Waals surface area contributed by atoms with Crippen LogP contribution in [0.4, 0.5) is 0 Å². The van der Waals surface area contributed by atoms with E-state index in [4.69, 9.17) is 9.47 Å². The first kappa shape index (κ1) is 11.1. The lowest BCUT2D eigenvalue weighted by atomic mass is 9.99. The van der Waals surface area contributed by atoms with Crippen molar-refractivity contribution >= 4 is 5.97 Å². The van der Waals surface area contributed by atoms with Crippen LogP contribution in [0.2, 0.25) is 0 Å². The molecular formula is C13H16O3. The standard InChI is InChI=1S/C13H16O3/c1-3-8-15-12(14)13(9-16-13)11-6-4-10(2)5-7-11/h4-7H,3,8-9H2,1-2H3. The van der Waals surface area contributed by atoms with Gasteiger partial charge in [0.1, 0.15) is 0 Å². The maximum atomic E-state index is 11.8. The highest BCUT2D eigenvalue weighted by molar-refractivity contribution is 5.84. The third-order valence-electron chi connectivity index (χ3n) is 2.72. The maximum absolute atomic E-state index is 11.8. The monoisotopic (exact) mass is 220 g/mol. The van der Waals surface area contributed by atoms with E-state index >= 15 is 0 Å². The van der Waals surface area contributed by atoms with Crippen LogP contribution in [-0.2, 0) is 19.9 Å². The van der Waals surface area contributed by atoms with Crippen LogP contribution in [0.3, 0.4) is 0 Å². The molecule has 0 aliphatic carbocycles. The van der Waals surface area contributed by atoms with Crippen LogP contribution >= 0.6 is 0 Å². The molecule has 3 nitrogen and oxygen atoms in total. The molecule has 1 aliphatic heterocycles. The van der Waals surface area contributed by atoms with Gasteiger partial charge in [0, 0.05) is 0 Å². The Bertz CT molecular complexity index is 377. The van der Waals surface area contributed by atoms with E-state index < -0.39 is 5.60 Å². The van der Waals surface area contributed by atoms with Gasteiger partial charge < -0.3 is 9.47 Å². The van der Waals surface area contributed by atoms with E-state index in [0.29, 0.717) is 13.2 Å². The Morgan fingerprint density at radius 2 is 2.06 bits per heavy atom. The molecule has 1 heterocycles. The lowest BCUT2D eigenvalue weighted by Crippen LogP contribution is -2.25. The number of carbonyl (C=O) groups is 1. The summed E-state index contributed by atoms with van der Waals surface area (Å²) in [6.45, 7) is 4.87. The second-order valence-electron chi connectivity index (χ2n) is 4.12. The van der Waals surface area contributed by atoms with Crippen molar-refractivity contribution in [3.8, 4) is 0 Å². The van der Waals surface area contributed by atoms with Gasteiger partial charge in [-0.1, -0.05) is 36.8 Å². The maximum Gasteiger partial charge on any atom is 0.345 e. The number of carbonyl (C=O) groups excluding carboxylic acids is 1. The second-order valence-corrected chi connectivity index (χ2v) is 4.12. The van der Waals surface area contributed by atoms with Crippen LogP contribution < -0.4 is 0 Å². The molecule has 1 saturated heterocycles. The molecule has 1 fully saturated rings. The molecule has 0 bridgehead atoms. The summed E-state index contributed by atoms with van der Waals surface area (Å²) in [4.78, 5) is 11.8. The Hall–Kier alpha value is -1.35. The average Bonchev–Trinajstić information content (AvgIpc) is 3.08. The SMILES string of the molecule is CCCOC(=O)C1(c2ccc(C)cc2)CO1. The van der Waals surface area contributed by atoms with Crippen LogP contribution in [0, 0.1) is 6.92 Å². The fourth-order valence-electron chi connectivity index (χ4n) is 1.61. The van der Waals surface area contributed by atoms with Crippen molar-refractivity contribution in [3.63, 3.8) is 0 Å². The number of rotatable bonds is 4. The minimum Gasteiger partial charge on any atom is -0.463 e.